The third-order valence-electron chi connectivity index (χ3n) is 15.2. The van der Waals surface area contributed by atoms with Crippen molar-refractivity contribution < 1.29 is 127 Å². The molecule has 31 heteroatoms. The Hall–Kier alpha value is -3.02. The summed E-state index contributed by atoms with van der Waals surface area (Å²) >= 11 is 0. The third-order valence-corrected chi connectivity index (χ3v) is 17.1. The van der Waals surface area contributed by atoms with Crippen molar-refractivity contribution in [1.82, 2.24) is 20.9 Å². The summed E-state index contributed by atoms with van der Waals surface area (Å²) in [7, 11) is -4.00. The lowest BCUT2D eigenvalue weighted by Crippen LogP contribution is -2.55. The molecule has 0 aliphatic carbocycles. The fraction of sp³-hybridized carbons (Fsp3) is 0.906. The van der Waals surface area contributed by atoms with Crippen LogP contribution >= 0.6 is 7.60 Å². The Morgan fingerprint density at radius 2 is 0.952 bits per heavy atom. The number of aliphatic hydroxyl groups is 9. The van der Waals surface area contributed by atoms with Crippen LogP contribution in [0.3, 0.4) is 0 Å². The van der Waals surface area contributed by atoms with Gasteiger partial charge in [-0.05, 0) is 31.6 Å². The Morgan fingerprint density at radius 3 is 1.29 bits per heavy atom. The summed E-state index contributed by atoms with van der Waals surface area (Å²) in [6.07, 6.45) is -13.5. The van der Waals surface area contributed by atoms with Gasteiger partial charge in [-0.2, -0.15) is 0 Å². The largest absolute Gasteiger partial charge is 0.394 e. The maximum Gasteiger partial charge on any atom is 0.330 e. The van der Waals surface area contributed by atoms with Crippen molar-refractivity contribution in [3.63, 3.8) is 0 Å². The number of carbonyl (C=O) groups excluding carboxylic acids is 5. The number of amides is 4. The molecule has 4 fully saturated rings. The zero-order chi connectivity index (χ0) is 62.3. The van der Waals surface area contributed by atoms with E-state index in [0.29, 0.717) is 6.42 Å². The molecule has 0 spiro atoms. The van der Waals surface area contributed by atoms with Crippen molar-refractivity contribution in [2.45, 2.75) is 166 Å². The normalized spacial score (nSPS) is 32.4. The van der Waals surface area contributed by atoms with Crippen LogP contribution in [0.1, 0.15) is 80.1 Å². The minimum atomic E-state index is -4.00. The van der Waals surface area contributed by atoms with Crippen molar-refractivity contribution in [2.24, 2.45) is 29.1 Å². The van der Waals surface area contributed by atoms with E-state index in [0.717, 1.165) is 0 Å². The number of ether oxygens (including phenoxy) is 9. The molecule has 13 N–H and O–H groups in total. The maximum absolute atomic E-state index is 14.2. The van der Waals surface area contributed by atoms with Crippen LogP contribution in [-0.2, 0) is 75.7 Å². The molecule has 84 heavy (non-hydrogen) atoms. The summed E-state index contributed by atoms with van der Waals surface area (Å²) in [6.45, 7) is 5.48. The van der Waals surface area contributed by atoms with E-state index in [1.165, 1.54) is 18.7 Å². The smallest absolute Gasteiger partial charge is 0.330 e. The van der Waals surface area contributed by atoms with Gasteiger partial charge >= 0.3 is 7.60 Å². The predicted octanol–water partition coefficient (Wildman–Crippen LogP) is -3.99. The van der Waals surface area contributed by atoms with Gasteiger partial charge < -0.3 is 119 Å². The summed E-state index contributed by atoms with van der Waals surface area (Å²) in [5.41, 5.74) is -2.27. The first-order chi connectivity index (χ1) is 39.8. The van der Waals surface area contributed by atoms with Gasteiger partial charge in [0.1, 0.15) is 62.2 Å². The first kappa shape index (κ1) is 73.4. The second-order valence-electron chi connectivity index (χ2n) is 22.8. The lowest BCUT2D eigenvalue weighted by atomic mass is 9.84. The number of ketones is 1. The Morgan fingerprint density at radius 1 is 0.595 bits per heavy atom. The number of Topliss-reactive ketones (excluding diaryl/α,β-unsaturated/α-hetero) is 1. The van der Waals surface area contributed by atoms with E-state index in [1.54, 1.807) is 20.8 Å². The summed E-state index contributed by atoms with van der Waals surface area (Å²) in [5.74, 6) is -4.95. The number of nitrogens with one attached hydrogen (secondary N) is 3. The molecule has 4 aliphatic rings. The topological polar surface area (TPSA) is 436 Å². The second kappa shape index (κ2) is 36.5. The van der Waals surface area contributed by atoms with Gasteiger partial charge in [-0.1, -0.05) is 41.5 Å². The molecule has 0 saturated carbocycles. The molecule has 4 aliphatic heterocycles. The Labute approximate surface area is 489 Å². The molecule has 488 valence electrons. The number of rotatable bonds is 38. The van der Waals surface area contributed by atoms with Crippen molar-refractivity contribution in [3.05, 3.63) is 0 Å². The molecule has 30 nitrogen and oxygen atoms in total. The Balaban J connectivity index is 1.43. The first-order valence-corrected chi connectivity index (χ1v) is 30.5. The van der Waals surface area contributed by atoms with Crippen molar-refractivity contribution in [1.29, 1.82) is 0 Å². The minimum Gasteiger partial charge on any atom is -0.394 e. The van der Waals surface area contributed by atoms with E-state index in [1.807, 2.05) is 6.92 Å². The SMILES string of the molecule is CC1[C@H](OCCCNC(=O)COCC(COCC(=O)NCCCO[C@@H]2OC(CO)[C@H](O)[C@H](O)C2C)(COCC(=O)NCCCO[C@@H]2OC(CO)[C@H](O)[C@H](O)C2C)CC(=O)CC(=O)N2C[C@H](C)C[C@H]2COP(=O)(O)C(C)C)OC(CO)[C@H](O)[C@@H]1O. The van der Waals surface area contributed by atoms with Gasteiger partial charge in [0.15, 0.2) is 18.9 Å². The zero-order valence-electron chi connectivity index (χ0n) is 49.1. The highest BCUT2D eigenvalue weighted by Gasteiger charge is 2.45. The van der Waals surface area contributed by atoms with E-state index in [4.69, 9.17) is 47.2 Å². The van der Waals surface area contributed by atoms with Gasteiger partial charge in [0.25, 0.3) is 0 Å². The molecule has 0 aromatic heterocycles. The van der Waals surface area contributed by atoms with Gasteiger partial charge in [-0.3, -0.25) is 28.5 Å². The quantitative estimate of drug-likeness (QED) is 0.0159. The molecule has 4 rings (SSSR count). The van der Waals surface area contributed by atoms with E-state index in [-0.39, 0.29) is 77.8 Å². The first-order valence-electron chi connectivity index (χ1n) is 28.8. The monoisotopic (exact) mass is 1230 g/mol. The molecule has 0 aromatic rings. The van der Waals surface area contributed by atoms with E-state index >= 15 is 0 Å². The zero-order valence-corrected chi connectivity index (χ0v) is 49.9. The summed E-state index contributed by atoms with van der Waals surface area (Å²) in [6, 6.07) is -0.612. The molecule has 4 amide bonds. The van der Waals surface area contributed by atoms with Crippen LogP contribution in [0.5, 0.6) is 0 Å². The van der Waals surface area contributed by atoms with Gasteiger partial charge in [0, 0.05) is 55.8 Å². The maximum atomic E-state index is 14.2. The van der Waals surface area contributed by atoms with Crippen LogP contribution < -0.4 is 16.0 Å². The molecule has 7 unspecified atom stereocenters. The van der Waals surface area contributed by atoms with Gasteiger partial charge in [-0.25, -0.2) is 0 Å². The number of hydrogen-bond acceptors (Lipinski definition) is 25. The lowest BCUT2D eigenvalue weighted by molar-refractivity contribution is -0.282. The molecule has 0 radical (unpaired) electrons. The highest BCUT2D eigenvalue weighted by atomic mass is 31.2. The summed E-state index contributed by atoms with van der Waals surface area (Å²) in [4.78, 5) is 79.3. The number of nitrogens with zero attached hydrogens (tertiary/aromatic N) is 1. The molecule has 4 saturated heterocycles. The summed E-state index contributed by atoms with van der Waals surface area (Å²) in [5, 5.41) is 98.2. The van der Waals surface area contributed by atoms with Crippen LogP contribution in [0.25, 0.3) is 0 Å². The number of aliphatic hydroxyl groups excluding tert-OH is 9. The molecule has 0 bridgehead atoms. The molecular formula is C53H95N4O26P. The van der Waals surface area contributed by atoms with E-state index < -0.39 is 218 Å². The second-order valence-corrected chi connectivity index (χ2v) is 25.2. The molecule has 18 atom stereocenters. The van der Waals surface area contributed by atoms with Crippen LogP contribution in [0.2, 0.25) is 0 Å². The highest BCUT2D eigenvalue weighted by Crippen LogP contribution is 2.47. The van der Waals surface area contributed by atoms with Crippen molar-refractivity contribution in [2.75, 3.05) is 112 Å². The van der Waals surface area contributed by atoms with Crippen LogP contribution in [0.15, 0.2) is 0 Å². The average Bonchev–Trinajstić information content (AvgIpc) is 3.28. The standard InChI is InChI=1S/C53H95N4O26P/c1-30(2)84(72,73)80-23-35-16-31(3)19-57(35)43(65)17-36(61)18-53(27-74-24-40(62)54-10-7-13-77-50-32(4)44(66)47(69)37(20-58)81-50,28-75-25-41(63)55-11-8-14-78-51-33(5)45(67)48(70)38(21-59)82-51)29-76-26-42(64)56-12-9-15-79-52-34(6)46(68)49(71)39(22-60)83-52/h30-35,37-39,44-52,58-60,66-71H,7-29H2,1-6H3,(H,54,62)(H,55,63)(H,56,64)(H,72,73)/t31-,32?,33?,34?,35+,37?,38?,39?,44-,45-,46-,47+,48+,49+,50-,51-,52-,53?/m1/s1. The van der Waals surface area contributed by atoms with Crippen LogP contribution in [-0.4, -0.2) is 283 Å². The minimum absolute atomic E-state index is 0.0326. The molecule has 0 aromatic carbocycles. The predicted molar refractivity (Wildman–Crippen MR) is 291 cm³/mol. The number of likely N-dealkylation sites (tertiary alicyclic amines) is 1. The van der Waals surface area contributed by atoms with Crippen LogP contribution in [0, 0.1) is 29.1 Å². The van der Waals surface area contributed by atoms with Crippen molar-refractivity contribution in [3.8, 4) is 0 Å². The Bertz CT molecular complexity index is 1890. The molecule has 4 heterocycles. The van der Waals surface area contributed by atoms with Gasteiger partial charge in [0.05, 0.1) is 103 Å². The van der Waals surface area contributed by atoms with E-state index in [9.17, 15) is 79.4 Å². The highest BCUT2D eigenvalue weighted by molar-refractivity contribution is 7.53. The van der Waals surface area contributed by atoms with Crippen LogP contribution in [0.4, 0.5) is 0 Å². The fourth-order valence-electron chi connectivity index (χ4n) is 9.95. The van der Waals surface area contributed by atoms with Gasteiger partial charge in [-0.15, -0.1) is 0 Å². The average molecular weight is 1240 g/mol. The third kappa shape index (κ3) is 22.8. The van der Waals surface area contributed by atoms with Gasteiger partial charge in [0.2, 0.25) is 23.6 Å². The number of hydrogen-bond donors (Lipinski definition) is 13. The Kier molecular flexibility index (Phi) is 31.9. The summed E-state index contributed by atoms with van der Waals surface area (Å²) < 4.78 is 69.7. The lowest BCUT2D eigenvalue weighted by Gasteiger charge is -2.40. The molecular weight excluding hydrogens is 1140 g/mol. The van der Waals surface area contributed by atoms with E-state index in [2.05, 4.69) is 16.0 Å². The number of carbonyl (C=O) groups is 5. The fourth-order valence-corrected chi connectivity index (χ4v) is 10.6. The van der Waals surface area contributed by atoms with Crippen molar-refractivity contribution >= 4 is 37.0 Å².